The fraction of sp³-hybridized carbons (Fsp3) is 0.190. The maximum Gasteiger partial charge on any atom is 0.319 e. The van der Waals surface area contributed by atoms with E-state index in [4.69, 9.17) is 26.8 Å². The van der Waals surface area contributed by atoms with Crippen molar-refractivity contribution in [2.45, 2.75) is 18.9 Å². The lowest BCUT2D eigenvalue weighted by atomic mass is 10.1. The van der Waals surface area contributed by atoms with Gasteiger partial charge in [-0.25, -0.2) is 4.79 Å². The summed E-state index contributed by atoms with van der Waals surface area (Å²) < 4.78 is 11.0. The second-order valence-electron chi connectivity index (χ2n) is 6.90. The molecule has 30 heavy (non-hydrogen) atoms. The Bertz CT molecular complexity index is 1150. The van der Waals surface area contributed by atoms with Crippen LogP contribution in [-0.2, 0) is 0 Å². The number of primary amides is 1. The van der Waals surface area contributed by atoms with Gasteiger partial charge in [-0.2, -0.15) is 0 Å². The lowest BCUT2D eigenvalue weighted by Crippen LogP contribution is -2.30. The minimum Gasteiger partial charge on any atom is -0.496 e. The average Bonchev–Trinajstić information content (AvgIpc) is 3.52. The molecular formula is C21H19ClN4O4. The van der Waals surface area contributed by atoms with Crippen LogP contribution in [-0.4, -0.2) is 30.1 Å². The van der Waals surface area contributed by atoms with Gasteiger partial charge in [0.05, 0.1) is 35.1 Å². The summed E-state index contributed by atoms with van der Waals surface area (Å²) in [7, 11) is 1.46. The van der Waals surface area contributed by atoms with Gasteiger partial charge in [0.2, 0.25) is 0 Å². The normalized spacial score (nSPS) is 13.0. The zero-order chi connectivity index (χ0) is 21.3. The van der Waals surface area contributed by atoms with Gasteiger partial charge in [-0.15, -0.1) is 0 Å². The molecule has 3 aromatic rings. The van der Waals surface area contributed by atoms with E-state index >= 15 is 0 Å². The molecule has 0 atom stereocenters. The van der Waals surface area contributed by atoms with E-state index in [9.17, 15) is 9.59 Å². The Morgan fingerprint density at radius 1 is 1.17 bits per heavy atom. The van der Waals surface area contributed by atoms with Crippen LogP contribution in [0, 0.1) is 0 Å². The number of pyridine rings is 1. The molecule has 8 nitrogen and oxygen atoms in total. The average molecular weight is 427 g/mol. The molecule has 0 bridgehead atoms. The van der Waals surface area contributed by atoms with Crippen LogP contribution >= 0.6 is 11.6 Å². The Balaban J connectivity index is 1.53. The summed E-state index contributed by atoms with van der Waals surface area (Å²) in [4.78, 5) is 27.9. The number of methoxy groups -OCH3 is 1. The van der Waals surface area contributed by atoms with Crippen LogP contribution in [0.2, 0.25) is 5.02 Å². The fourth-order valence-electron chi connectivity index (χ4n) is 2.92. The first-order chi connectivity index (χ1) is 14.4. The Morgan fingerprint density at radius 3 is 2.63 bits per heavy atom. The van der Waals surface area contributed by atoms with E-state index < -0.39 is 5.91 Å². The van der Waals surface area contributed by atoms with E-state index in [1.165, 1.54) is 7.11 Å². The molecule has 0 unspecified atom stereocenters. The maximum atomic E-state index is 11.9. The van der Waals surface area contributed by atoms with Gasteiger partial charge < -0.3 is 25.8 Å². The second kappa shape index (κ2) is 8.08. The highest BCUT2D eigenvalue weighted by molar-refractivity contribution is 6.33. The van der Waals surface area contributed by atoms with Gasteiger partial charge in [-0.05, 0) is 37.1 Å². The largest absolute Gasteiger partial charge is 0.496 e. The summed E-state index contributed by atoms with van der Waals surface area (Å²) in [5.74, 6) is 0.682. The molecule has 2 aromatic carbocycles. The summed E-state index contributed by atoms with van der Waals surface area (Å²) in [6.07, 6.45) is 3.55. The molecule has 1 fully saturated rings. The molecule has 0 saturated heterocycles. The number of benzene rings is 2. The van der Waals surface area contributed by atoms with E-state index in [0.717, 1.165) is 12.8 Å². The van der Waals surface area contributed by atoms with Gasteiger partial charge in [-0.3, -0.25) is 9.78 Å². The van der Waals surface area contributed by atoms with Crippen molar-refractivity contribution in [3.05, 3.63) is 53.2 Å². The van der Waals surface area contributed by atoms with Crippen LogP contribution in [0.25, 0.3) is 10.9 Å². The first-order valence-corrected chi connectivity index (χ1v) is 9.63. The minimum absolute atomic E-state index is 0.252. The van der Waals surface area contributed by atoms with Crippen molar-refractivity contribution in [2.75, 3.05) is 12.4 Å². The van der Waals surface area contributed by atoms with Crippen LogP contribution in [0.3, 0.4) is 0 Å². The monoisotopic (exact) mass is 426 g/mol. The highest BCUT2D eigenvalue weighted by Crippen LogP contribution is 2.32. The summed E-state index contributed by atoms with van der Waals surface area (Å²) in [5, 5.41) is 6.56. The van der Waals surface area contributed by atoms with Crippen LogP contribution < -0.4 is 25.8 Å². The molecule has 1 aliphatic rings. The third-order valence-electron chi connectivity index (χ3n) is 4.58. The van der Waals surface area contributed by atoms with Gasteiger partial charge in [0.15, 0.2) is 0 Å². The topological polar surface area (TPSA) is 116 Å². The van der Waals surface area contributed by atoms with Crippen molar-refractivity contribution in [1.29, 1.82) is 0 Å². The molecule has 0 spiro atoms. The third-order valence-corrected chi connectivity index (χ3v) is 4.89. The summed E-state index contributed by atoms with van der Waals surface area (Å²) in [5.41, 5.74) is 6.79. The Morgan fingerprint density at radius 2 is 1.97 bits per heavy atom. The molecule has 0 radical (unpaired) electrons. The Kier molecular flexibility index (Phi) is 5.33. The predicted octanol–water partition coefficient (Wildman–Crippen LogP) is 4.07. The molecule has 154 valence electrons. The first-order valence-electron chi connectivity index (χ1n) is 9.25. The van der Waals surface area contributed by atoms with E-state index in [0.29, 0.717) is 38.9 Å². The Labute approximate surface area is 177 Å². The minimum atomic E-state index is -0.597. The van der Waals surface area contributed by atoms with E-state index in [2.05, 4.69) is 15.6 Å². The number of carbonyl (C=O) groups is 2. The predicted molar refractivity (Wildman–Crippen MR) is 114 cm³/mol. The summed E-state index contributed by atoms with van der Waals surface area (Å²) in [6.45, 7) is 0. The molecular weight excluding hydrogens is 408 g/mol. The standard InChI is InChI=1S/C21H19ClN4O4/c1-29-19-9-18-11(7-15(19)20(23)27)6-14(10-24-18)30-13-4-5-17(16(22)8-13)26-21(28)25-12-2-3-12/h4-10,12H,2-3H2,1H3,(H2,23,27)(H2,25,26,28). The number of hydrogen-bond donors (Lipinski definition) is 3. The van der Waals surface area contributed by atoms with Gasteiger partial charge in [0.25, 0.3) is 5.91 Å². The van der Waals surface area contributed by atoms with Crippen molar-refractivity contribution in [1.82, 2.24) is 10.3 Å². The Hall–Kier alpha value is -3.52. The number of nitrogens with zero attached hydrogens (tertiary/aromatic N) is 1. The molecule has 0 aliphatic heterocycles. The molecule has 4 rings (SSSR count). The number of hydrogen-bond acceptors (Lipinski definition) is 5. The molecule has 9 heteroatoms. The van der Waals surface area contributed by atoms with Crippen molar-refractivity contribution in [2.24, 2.45) is 5.73 Å². The van der Waals surface area contributed by atoms with E-state index in [1.807, 2.05) is 0 Å². The summed E-state index contributed by atoms with van der Waals surface area (Å²) in [6, 6.07) is 9.89. The van der Waals surface area contributed by atoms with Crippen molar-refractivity contribution < 1.29 is 19.1 Å². The van der Waals surface area contributed by atoms with Gasteiger partial charge in [0, 0.05) is 23.6 Å². The van der Waals surface area contributed by atoms with Crippen LogP contribution in [0.4, 0.5) is 10.5 Å². The zero-order valence-electron chi connectivity index (χ0n) is 16.1. The number of halogens is 1. The van der Waals surface area contributed by atoms with Crippen molar-refractivity contribution >= 4 is 40.1 Å². The summed E-state index contributed by atoms with van der Waals surface area (Å²) >= 11 is 6.27. The first kappa shape index (κ1) is 19.8. The number of carbonyl (C=O) groups excluding carboxylic acids is 2. The lowest BCUT2D eigenvalue weighted by Gasteiger charge is -2.12. The number of nitrogens with two attached hydrogens (primary N) is 1. The van der Waals surface area contributed by atoms with Gasteiger partial charge in [0.1, 0.15) is 17.2 Å². The maximum absolute atomic E-state index is 11.9. The highest BCUT2D eigenvalue weighted by atomic mass is 35.5. The number of ether oxygens (including phenoxy) is 2. The van der Waals surface area contributed by atoms with Crippen LogP contribution in [0.1, 0.15) is 23.2 Å². The third kappa shape index (κ3) is 4.38. The van der Waals surface area contributed by atoms with Gasteiger partial charge >= 0.3 is 6.03 Å². The number of nitrogens with one attached hydrogen (secondary N) is 2. The van der Waals surface area contributed by atoms with Gasteiger partial charge in [-0.1, -0.05) is 11.6 Å². The number of amides is 3. The van der Waals surface area contributed by atoms with Crippen LogP contribution in [0.5, 0.6) is 17.2 Å². The molecule has 1 saturated carbocycles. The molecule has 1 aliphatic carbocycles. The highest BCUT2D eigenvalue weighted by Gasteiger charge is 2.23. The number of rotatable bonds is 6. The van der Waals surface area contributed by atoms with Crippen LogP contribution in [0.15, 0.2) is 42.6 Å². The van der Waals surface area contributed by atoms with E-state index in [-0.39, 0.29) is 17.6 Å². The number of urea groups is 1. The smallest absolute Gasteiger partial charge is 0.319 e. The number of aromatic nitrogens is 1. The SMILES string of the molecule is COc1cc2ncc(Oc3ccc(NC(=O)NC4CC4)c(Cl)c3)cc2cc1C(N)=O. The fourth-order valence-corrected chi connectivity index (χ4v) is 3.14. The van der Waals surface area contributed by atoms with Crippen molar-refractivity contribution in [3.63, 3.8) is 0 Å². The molecule has 3 amide bonds. The van der Waals surface area contributed by atoms with Crippen molar-refractivity contribution in [3.8, 4) is 17.2 Å². The second-order valence-corrected chi connectivity index (χ2v) is 7.30. The molecule has 1 aromatic heterocycles. The molecule has 4 N–H and O–H groups in total. The lowest BCUT2D eigenvalue weighted by molar-refractivity contribution is 0.0997. The number of fused-ring (bicyclic) bond motifs is 1. The quantitative estimate of drug-likeness (QED) is 0.549. The zero-order valence-corrected chi connectivity index (χ0v) is 16.8. The van der Waals surface area contributed by atoms with E-state index in [1.54, 1.807) is 42.6 Å². The number of anilines is 1. The molecule has 1 heterocycles.